The molecule has 4 rings (SSSR count). The summed E-state index contributed by atoms with van der Waals surface area (Å²) >= 11 is 0. The molecule has 2 fully saturated rings. The molecular formula is C15H26N7O14P3. The number of phosphoric acid groups is 3. The molecule has 39 heavy (non-hydrogen) atoms. The van der Waals surface area contributed by atoms with Crippen molar-refractivity contribution in [2.45, 2.75) is 24.5 Å². The number of aliphatic hydroxyl groups excluding tert-OH is 2. The van der Waals surface area contributed by atoms with Crippen LogP contribution in [0.5, 0.6) is 0 Å². The van der Waals surface area contributed by atoms with Crippen LogP contribution < -0.4 is 16.2 Å². The molecule has 2 aromatic rings. The van der Waals surface area contributed by atoms with Crippen LogP contribution in [-0.2, 0) is 31.6 Å². The Hall–Kier alpha value is -1.80. The third-order valence-electron chi connectivity index (χ3n) is 5.75. The van der Waals surface area contributed by atoms with Crippen molar-refractivity contribution in [3.63, 3.8) is 0 Å². The predicted octanol–water partition coefficient (Wildman–Crippen LogP) is -2.58. The first-order valence-electron chi connectivity index (χ1n) is 11.0. The Kier molecular flexibility index (Phi) is 8.42. The van der Waals surface area contributed by atoms with Gasteiger partial charge in [-0.3, -0.25) is 18.9 Å². The maximum atomic E-state index is 12.5. The Labute approximate surface area is 218 Å². The summed E-state index contributed by atoms with van der Waals surface area (Å²) in [5, 5.41) is 21.4. The van der Waals surface area contributed by atoms with E-state index < -0.39 is 60.2 Å². The number of rotatable bonds is 9. The molecule has 2 aliphatic heterocycles. The van der Waals surface area contributed by atoms with E-state index in [9.17, 15) is 38.5 Å². The molecule has 24 heteroatoms. The normalized spacial score (nSPS) is 28.0. The number of anilines is 2. The van der Waals surface area contributed by atoms with E-state index in [1.54, 1.807) is 4.90 Å². The standard InChI is InChI=1S/C15H26N7O14P3/c1-20-2-4-21(5-3-20)15-17-8-11(18-14(16)19-12(8)25)22(15)13-10(24)9(23)7(34-13)6-33-38(29,30)36-39(31,32)35-37(26,27)28/h7,9-10,13,23-24H,2-6H2,1H3,(H,29,30)(H,31,32)(H2,26,27,28)(H3,16,18,19,25)/t7-,9?,10?,13-/m1/s1. The first-order valence-corrected chi connectivity index (χ1v) is 15.5. The Morgan fingerprint density at radius 1 is 1.03 bits per heavy atom. The van der Waals surface area contributed by atoms with Crippen LogP contribution in [0.15, 0.2) is 4.79 Å². The topological polar surface area (TPSA) is 306 Å². The number of aromatic nitrogens is 4. The number of aromatic amines is 1. The average molecular weight is 621 g/mol. The van der Waals surface area contributed by atoms with Crippen LogP contribution in [-0.4, -0.2) is 112 Å². The largest absolute Gasteiger partial charge is 0.490 e. The molecule has 2 aliphatic rings. The lowest BCUT2D eigenvalue weighted by Crippen LogP contribution is -2.46. The van der Waals surface area contributed by atoms with Gasteiger partial charge in [-0.2, -0.15) is 13.6 Å². The molecular weight excluding hydrogens is 595 g/mol. The van der Waals surface area contributed by atoms with Gasteiger partial charge in [-0.15, -0.1) is 0 Å². The fourth-order valence-corrected chi connectivity index (χ4v) is 7.03. The lowest BCUT2D eigenvalue weighted by Gasteiger charge is -2.34. The lowest BCUT2D eigenvalue weighted by molar-refractivity contribution is -0.0497. The van der Waals surface area contributed by atoms with Gasteiger partial charge in [0.25, 0.3) is 5.56 Å². The van der Waals surface area contributed by atoms with Crippen LogP contribution in [0.3, 0.4) is 0 Å². The third kappa shape index (κ3) is 6.92. The number of nitrogens with one attached hydrogen (secondary N) is 1. The highest BCUT2D eigenvalue weighted by molar-refractivity contribution is 7.66. The monoisotopic (exact) mass is 621 g/mol. The van der Waals surface area contributed by atoms with E-state index in [1.807, 2.05) is 7.05 Å². The molecule has 0 amide bonds. The SMILES string of the molecule is CN1CCN(c2nc3c(=O)[nH]c(N)nc3n2[C@@H]2O[C@H](COP(=O)(O)OP(=O)(O)OP(=O)(O)O)C(O)C2O)CC1. The average Bonchev–Trinajstić information content (AvgIpc) is 3.28. The van der Waals surface area contributed by atoms with Crippen molar-refractivity contribution in [3.05, 3.63) is 10.4 Å². The van der Waals surface area contributed by atoms with E-state index in [1.165, 1.54) is 4.57 Å². The summed E-state index contributed by atoms with van der Waals surface area (Å²) in [6.45, 7) is 1.18. The van der Waals surface area contributed by atoms with Gasteiger partial charge in [-0.25, -0.2) is 18.7 Å². The molecule has 21 nitrogen and oxygen atoms in total. The van der Waals surface area contributed by atoms with E-state index in [4.69, 9.17) is 20.3 Å². The highest BCUT2D eigenvalue weighted by atomic mass is 31.3. The number of nitrogen functional groups attached to an aromatic ring is 1. The number of aliphatic hydroxyl groups is 2. The number of piperazine rings is 1. The second-order valence-corrected chi connectivity index (χ2v) is 13.0. The molecule has 2 aromatic heterocycles. The summed E-state index contributed by atoms with van der Waals surface area (Å²) in [6.07, 6.45) is -6.54. The molecule has 4 heterocycles. The van der Waals surface area contributed by atoms with Crippen molar-refractivity contribution >= 4 is 46.5 Å². The van der Waals surface area contributed by atoms with Gasteiger partial charge in [0.1, 0.15) is 18.3 Å². The van der Waals surface area contributed by atoms with Crippen LogP contribution in [0.1, 0.15) is 6.23 Å². The van der Waals surface area contributed by atoms with E-state index in [2.05, 4.69) is 33.0 Å². The lowest BCUT2D eigenvalue weighted by atomic mass is 10.1. The summed E-state index contributed by atoms with van der Waals surface area (Å²) < 4.78 is 53.1. The molecule has 220 valence electrons. The van der Waals surface area contributed by atoms with Gasteiger partial charge in [0.05, 0.1) is 6.61 Å². The van der Waals surface area contributed by atoms with Crippen molar-refractivity contribution in [2.24, 2.45) is 0 Å². The minimum Gasteiger partial charge on any atom is -0.387 e. The second kappa shape index (κ2) is 10.9. The number of nitrogens with two attached hydrogens (primary N) is 1. The second-order valence-electron chi connectivity index (χ2n) is 8.63. The summed E-state index contributed by atoms with van der Waals surface area (Å²) in [7, 11) is -15.0. The molecule has 9 N–H and O–H groups in total. The van der Waals surface area contributed by atoms with Gasteiger partial charge in [0, 0.05) is 26.2 Å². The van der Waals surface area contributed by atoms with Crippen molar-refractivity contribution < 1.29 is 61.4 Å². The quantitative estimate of drug-likeness (QED) is 0.133. The fraction of sp³-hybridized carbons (Fsp3) is 0.667. The first kappa shape index (κ1) is 30.2. The highest BCUT2D eigenvalue weighted by Gasteiger charge is 2.48. The summed E-state index contributed by atoms with van der Waals surface area (Å²) in [5.41, 5.74) is 4.79. The van der Waals surface area contributed by atoms with E-state index in [-0.39, 0.29) is 23.1 Å². The van der Waals surface area contributed by atoms with Gasteiger partial charge < -0.3 is 50.1 Å². The number of fused-ring (bicyclic) bond motifs is 1. The van der Waals surface area contributed by atoms with Crippen LogP contribution in [0.4, 0.5) is 11.9 Å². The zero-order valence-electron chi connectivity index (χ0n) is 19.9. The van der Waals surface area contributed by atoms with Crippen LogP contribution in [0, 0.1) is 0 Å². The van der Waals surface area contributed by atoms with Crippen molar-refractivity contribution in [1.29, 1.82) is 0 Å². The Balaban J connectivity index is 1.59. The maximum Gasteiger partial charge on any atom is 0.490 e. The molecule has 0 bridgehead atoms. The minimum absolute atomic E-state index is 0.0880. The first-order chi connectivity index (χ1) is 18.0. The summed E-state index contributed by atoms with van der Waals surface area (Å²) in [5.74, 6) is -0.109. The molecule has 4 unspecified atom stereocenters. The minimum atomic E-state index is -5.77. The van der Waals surface area contributed by atoms with Crippen LogP contribution >= 0.6 is 23.5 Å². The molecule has 0 radical (unpaired) electrons. The number of nitrogens with zero attached hydrogens (tertiary/aromatic N) is 5. The molecule has 6 atom stereocenters. The van der Waals surface area contributed by atoms with Gasteiger partial charge >= 0.3 is 23.5 Å². The van der Waals surface area contributed by atoms with E-state index >= 15 is 0 Å². The van der Waals surface area contributed by atoms with Gasteiger partial charge in [-0.05, 0) is 7.05 Å². The van der Waals surface area contributed by atoms with Crippen molar-refractivity contribution in [3.8, 4) is 0 Å². The predicted molar refractivity (Wildman–Crippen MR) is 128 cm³/mol. The molecule has 0 aromatic carbocycles. The number of hydrogen-bond acceptors (Lipinski definition) is 15. The molecule has 0 saturated carbocycles. The number of likely N-dealkylation sites (N-methyl/N-ethyl adjacent to an activating group) is 1. The number of phosphoric ester groups is 1. The number of hydrogen-bond donors (Lipinski definition) is 8. The molecule has 2 saturated heterocycles. The Morgan fingerprint density at radius 2 is 1.67 bits per heavy atom. The van der Waals surface area contributed by atoms with Gasteiger partial charge in [0.2, 0.25) is 11.9 Å². The van der Waals surface area contributed by atoms with E-state index in [0.29, 0.717) is 26.2 Å². The Morgan fingerprint density at radius 3 is 2.28 bits per heavy atom. The molecule has 0 spiro atoms. The van der Waals surface area contributed by atoms with Crippen molar-refractivity contribution in [1.82, 2.24) is 24.4 Å². The summed E-state index contributed by atoms with van der Waals surface area (Å²) in [4.78, 5) is 63.3. The Bertz CT molecular complexity index is 1420. The molecule has 0 aliphatic carbocycles. The number of ether oxygens (including phenoxy) is 1. The third-order valence-corrected chi connectivity index (χ3v) is 9.55. The fourth-order valence-electron chi connectivity index (χ4n) is 4.00. The summed E-state index contributed by atoms with van der Waals surface area (Å²) in [6, 6.07) is 0. The van der Waals surface area contributed by atoms with Crippen LogP contribution in [0.25, 0.3) is 11.2 Å². The van der Waals surface area contributed by atoms with Crippen LogP contribution in [0.2, 0.25) is 0 Å². The zero-order chi connectivity index (χ0) is 28.9. The maximum absolute atomic E-state index is 12.5. The van der Waals surface area contributed by atoms with Crippen molar-refractivity contribution in [2.75, 3.05) is 50.5 Å². The van der Waals surface area contributed by atoms with Gasteiger partial charge in [-0.1, -0.05) is 0 Å². The number of H-pyrrole nitrogens is 1. The van der Waals surface area contributed by atoms with Gasteiger partial charge in [0.15, 0.2) is 17.4 Å². The van der Waals surface area contributed by atoms with E-state index in [0.717, 1.165) is 0 Å². The highest BCUT2D eigenvalue weighted by Crippen LogP contribution is 2.66. The zero-order valence-corrected chi connectivity index (χ0v) is 22.6. The number of imidazole rings is 1. The smallest absolute Gasteiger partial charge is 0.387 e.